The fourth-order valence-electron chi connectivity index (χ4n) is 1.32. The Balaban J connectivity index is 2.52. The predicted molar refractivity (Wildman–Crippen MR) is 68.2 cm³/mol. The van der Waals surface area contributed by atoms with Gasteiger partial charge in [-0.1, -0.05) is 0 Å². The molecule has 0 heterocycles. The maximum atomic E-state index is 11.7. The largest absolute Gasteiger partial charge is 0.494 e. The maximum absolute atomic E-state index is 11.7. The summed E-state index contributed by atoms with van der Waals surface area (Å²) in [7, 11) is 0. The molecule has 0 aliphatic rings. The van der Waals surface area contributed by atoms with Crippen LogP contribution in [0, 0.1) is 0 Å². The van der Waals surface area contributed by atoms with Crippen LogP contribution in [0.15, 0.2) is 24.3 Å². The lowest BCUT2D eigenvalue weighted by Crippen LogP contribution is -2.29. The molecule has 0 fully saturated rings. The molecule has 17 heavy (non-hydrogen) atoms. The normalized spacial score (nSPS) is 10.4. The van der Waals surface area contributed by atoms with Crippen molar-refractivity contribution in [3.8, 4) is 5.75 Å². The number of rotatable bonds is 6. The SMILES string of the molecule is CC(C)NC(=O)c1ccc(OCCCN)cc1. The summed E-state index contributed by atoms with van der Waals surface area (Å²) in [6.45, 7) is 5.09. The Labute approximate surface area is 102 Å². The Kier molecular flexibility index (Phi) is 5.49. The Hall–Kier alpha value is -1.55. The van der Waals surface area contributed by atoms with Crippen LogP contribution in [-0.2, 0) is 0 Å². The molecule has 0 aliphatic carbocycles. The number of carbonyl (C=O) groups is 1. The summed E-state index contributed by atoms with van der Waals surface area (Å²) >= 11 is 0. The summed E-state index contributed by atoms with van der Waals surface area (Å²) in [4.78, 5) is 11.7. The monoisotopic (exact) mass is 236 g/mol. The molecule has 4 nitrogen and oxygen atoms in total. The number of benzene rings is 1. The molecule has 0 bridgehead atoms. The zero-order valence-electron chi connectivity index (χ0n) is 10.4. The van der Waals surface area contributed by atoms with Crippen molar-refractivity contribution in [2.75, 3.05) is 13.2 Å². The van der Waals surface area contributed by atoms with Crippen LogP contribution in [-0.4, -0.2) is 25.1 Å². The second-order valence-electron chi connectivity index (χ2n) is 4.14. The zero-order chi connectivity index (χ0) is 12.7. The van der Waals surface area contributed by atoms with Crippen molar-refractivity contribution in [1.29, 1.82) is 0 Å². The Morgan fingerprint density at radius 2 is 2.00 bits per heavy atom. The van der Waals surface area contributed by atoms with E-state index < -0.39 is 0 Å². The van der Waals surface area contributed by atoms with Gasteiger partial charge < -0.3 is 15.8 Å². The average Bonchev–Trinajstić information content (AvgIpc) is 2.29. The second-order valence-corrected chi connectivity index (χ2v) is 4.14. The van der Waals surface area contributed by atoms with E-state index in [1.54, 1.807) is 24.3 Å². The molecule has 0 atom stereocenters. The number of nitrogens with two attached hydrogens (primary N) is 1. The lowest BCUT2D eigenvalue weighted by atomic mass is 10.2. The van der Waals surface area contributed by atoms with E-state index in [0.717, 1.165) is 12.2 Å². The molecule has 1 amide bonds. The van der Waals surface area contributed by atoms with Gasteiger partial charge in [0.25, 0.3) is 5.91 Å². The number of amides is 1. The number of hydrogen-bond donors (Lipinski definition) is 2. The molecule has 0 unspecified atom stereocenters. The zero-order valence-corrected chi connectivity index (χ0v) is 10.4. The molecule has 1 aromatic carbocycles. The van der Waals surface area contributed by atoms with Gasteiger partial charge in [-0.3, -0.25) is 4.79 Å². The van der Waals surface area contributed by atoms with Gasteiger partial charge >= 0.3 is 0 Å². The summed E-state index contributed by atoms with van der Waals surface area (Å²) in [6, 6.07) is 7.26. The fraction of sp³-hybridized carbons (Fsp3) is 0.462. The van der Waals surface area contributed by atoms with Crippen LogP contribution in [0.2, 0.25) is 0 Å². The fourth-order valence-corrected chi connectivity index (χ4v) is 1.32. The van der Waals surface area contributed by atoms with E-state index in [1.165, 1.54) is 0 Å². The third-order valence-electron chi connectivity index (χ3n) is 2.15. The summed E-state index contributed by atoms with van der Waals surface area (Å²) in [6.07, 6.45) is 0.829. The smallest absolute Gasteiger partial charge is 0.251 e. The molecule has 4 heteroatoms. The molecule has 0 aromatic heterocycles. The van der Waals surface area contributed by atoms with Gasteiger partial charge in [0.2, 0.25) is 0 Å². The van der Waals surface area contributed by atoms with Gasteiger partial charge in [-0.15, -0.1) is 0 Å². The number of hydrogen-bond acceptors (Lipinski definition) is 3. The Morgan fingerprint density at radius 1 is 1.35 bits per heavy atom. The molecule has 3 N–H and O–H groups in total. The highest BCUT2D eigenvalue weighted by Crippen LogP contribution is 2.12. The summed E-state index contributed by atoms with van der Waals surface area (Å²) in [5.41, 5.74) is 6.01. The first-order chi connectivity index (χ1) is 8.13. The third kappa shape index (κ3) is 4.87. The van der Waals surface area contributed by atoms with Gasteiger partial charge in [-0.05, 0) is 51.1 Å². The van der Waals surface area contributed by atoms with E-state index in [4.69, 9.17) is 10.5 Å². The molecular formula is C13H20N2O2. The highest BCUT2D eigenvalue weighted by Gasteiger charge is 2.06. The van der Waals surface area contributed by atoms with Crippen LogP contribution >= 0.6 is 0 Å². The molecule has 94 valence electrons. The standard InChI is InChI=1S/C13H20N2O2/c1-10(2)15-13(16)11-4-6-12(7-5-11)17-9-3-8-14/h4-7,10H,3,8-9,14H2,1-2H3,(H,15,16). The quantitative estimate of drug-likeness (QED) is 0.737. The van der Waals surface area contributed by atoms with Crippen molar-refractivity contribution in [2.45, 2.75) is 26.3 Å². The lowest BCUT2D eigenvalue weighted by Gasteiger charge is -2.09. The van der Waals surface area contributed by atoms with Crippen LogP contribution in [0.5, 0.6) is 5.75 Å². The second kappa shape index (κ2) is 6.91. The van der Waals surface area contributed by atoms with Gasteiger partial charge in [-0.2, -0.15) is 0 Å². The topological polar surface area (TPSA) is 64.3 Å². The highest BCUT2D eigenvalue weighted by molar-refractivity contribution is 5.94. The van der Waals surface area contributed by atoms with Crippen molar-refractivity contribution in [3.63, 3.8) is 0 Å². The molecule has 0 spiro atoms. The van der Waals surface area contributed by atoms with Gasteiger partial charge in [0.05, 0.1) is 6.61 Å². The van der Waals surface area contributed by atoms with Gasteiger partial charge in [0.15, 0.2) is 0 Å². The molecule has 0 saturated heterocycles. The molecule has 1 rings (SSSR count). The van der Waals surface area contributed by atoms with Gasteiger partial charge in [0, 0.05) is 11.6 Å². The Bertz CT molecular complexity index is 347. The van der Waals surface area contributed by atoms with E-state index in [0.29, 0.717) is 18.7 Å². The highest BCUT2D eigenvalue weighted by atomic mass is 16.5. The van der Waals surface area contributed by atoms with Crippen molar-refractivity contribution in [1.82, 2.24) is 5.32 Å². The van der Waals surface area contributed by atoms with Crippen LogP contribution in [0.3, 0.4) is 0 Å². The first-order valence-electron chi connectivity index (χ1n) is 5.87. The van der Waals surface area contributed by atoms with E-state index in [1.807, 2.05) is 13.8 Å². The molecule has 1 aromatic rings. The van der Waals surface area contributed by atoms with E-state index in [2.05, 4.69) is 5.32 Å². The summed E-state index contributed by atoms with van der Waals surface area (Å²) < 4.78 is 5.45. The van der Waals surface area contributed by atoms with Crippen molar-refractivity contribution in [3.05, 3.63) is 29.8 Å². The number of ether oxygens (including phenoxy) is 1. The molecule has 0 radical (unpaired) electrons. The first-order valence-corrected chi connectivity index (χ1v) is 5.87. The van der Waals surface area contributed by atoms with Crippen molar-refractivity contribution in [2.24, 2.45) is 5.73 Å². The molecule has 0 saturated carbocycles. The molecule has 0 aliphatic heterocycles. The lowest BCUT2D eigenvalue weighted by molar-refractivity contribution is 0.0943. The van der Waals surface area contributed by atoms with Crippen LogP contribution < -0.4 is 15.8 Å². The van der Waals surface area contributed by atoms with Crippen LogP contribution in [0.4, 0.5) is 0 Å². The van der Waals surface area contributed by atoms with Crippen molar-refractivity contribution < 1.29 is 9.53 Å². The first kappa shape index (κ1) is 13.5. The third-order valence-corrected chi connectivity index (χ3v) is 2.15. The number of nitrogens with one attached hydrogen (secondary N) is 1. The maximum Gasteiger partial charge on any atom is 0.251 e. The molecular weight excluding hydrogens is 216 g/mol. The Morgan fingerprint density at radius 3 is 2.53 bits per heavy atom. The minimum atomic E-state index is -0.0616. The summed E-state index contributed by atoms with van der Waals surface area (Å²) in [5, 5.41) is 2.83. The average molecular weight is 236 g/mol. The minimum absolute atomic E-state index is 0.0616. The van der Waals surface area contributed by atoms with Gasteiger partial charge in [-0.25, -0.2) is 0 Å². The van der Waals surface area contributed by atoms with E-state index in [9.17, 15) is 4.79 Å². The summed E-state index contributed by atoms with van der Waals surface area (Å²) in [5.74, 6) is 0.702. The van der Waals surface area contributed by atoms with Crippen molar-refractivity contribution >= 4 is 5.91 Å². The van der Waals surface area contributed by atoms with Crippen LogP contribution in [0.25, 0.3) is 0 Å². The predicted octanol–water partition coefficient (Wildman–Crippen LogP) is 1.55. The van der Waals surface area contributed by atoms with E-state index >= 15 is 0 Å². The van der Waals surface area contributed by atoms with E-state index in [-0.39, 0.29) is 11.9 Å². The minimum Gasteiger partial charge on any atom is -0.494 e. The van der Waals surface area contributed by atoms with Gasteiger partial charge in [0.1, 0.15) is 5.75 Å². The van der Waals surface area contributed by atoms with Crippen LogP contribution in [0.1, 0.15) is 30.6 Å². The number of carbonyl (C=O) groups excluding carboxylic acids is 1.